The van der Waals surface area contributed by atoms with E-state index in [1.165, 1.54) is 24.3 Å². The Morgan fingerprint density at radius 2 is 1.81 bits per heavy atom. The maximum Gasteiger partial charge on any atom is 0.426 e. The first-order valence-electron chi connectivity index (χ1n) is 5.55. The molecular formula is C11H10BF3O5S. The van der Waals surface area contributed by atoms with Crippen molar-refractivity contribution in [3.05, 3.63) is 35.4 Å². The van der Waals surface area contributed by atoms with Crippen LogP contribution >= 0.6 is 0 Å². The van der Waals surface area contributed by atoms with Crippen LogP contribution in [0.5, 0.6) is 0 Å². The first-order valence-corrected chi connectivity index (χ1v) is 7.15. The molecule has 21 heavy (non-hydrogen) atoms. The van der Waals surface area contributed by atoms with Gasteiger partial charge in [0.25, 0.3) is 10.1 Å². The first kappa shape index (κ1) is 17.5. The van der Waals surface area contributed by atoms with Crippen LogP contribution in [-0.2, 0) is 21.2 Å². The van der Waals surface area contributed by atoms with Crippen LogP contribution in [0.3, 0.4) is 0 Å². The van der Waals surface area contributed by atoms with Gasteiger partial charge < -0.3 is 4.74 Å². The van der Waals surface area contributed by atoms with E-state index in [1.54, 1.807) is 0 Å². The van der Waals surface area contributed by atoms with E-state index >= 15 is 0 Å². The molecule has 2 radical (unpaired) electrons. The summed E-state index contributed by atoms with van der Waals surface area (Å²) < 4.78 is 71.4. The summed E-state index contributed by atoms with van der Waals surface area (Å²) in [6, 6.07) is 5.24. The molecule has 1 N–H and O–H groups in total. The van der Waals surface area contributed by atoms with Gasteiger partial charge >= 0.3 is 12.1 Å². The van der Waals surface area contributed by atoms with Crippen molar-refractivity contribution < 1.29 is 35.7 Å². The van der Waals surface area contributed by atoms with Crippen molar-refractivity contribution in [2.75, 3.05) is 5.75 Å². The number of alkyl halides is 3. The molecule has 0 amide bonds. The summed E-state index contributed by atoms with van der Waals surface area (Å²) in [7, 11) is 0.365. The zero-order valence-corrected chi connectivity index (χ0v) is 11.3. The van der Waals surface area contributed by atoms with Gasteiger partial charge in [-0.05, 0) is 12.1 Å². The summed E-state index contributed by atoms with van der Waals surface area (Å²) in [5.41, 5.74) is 0.452. The molecule has 114 valence electrons. The van der Waals surface area contributed by atoms with Crippen molar-refractivity contribution >= 4 is 23.9 Å². The summed E-state index contributed by atoms with van der Waals surface area (Å²) in [5, 5.41) is 0. The molecule has 0 aromatic heterocycles. The van der Waals surface area contributed by atoms with E-state index in [0.29, 0.717) is 5.56 Å². The molecule has 0 aliphatic carbocycles. The number of rotatable bonds is 5. The van der Waals surface area contributed by atoms with Gasteiger partial charge in [0.1, 0.15) is 5.75 Å². The highest BCUT2D eigenvalue weighted by atomic mass is 32.2. The van der Waals surface area contributed by atoms with Gasteiger partial charge in [-0.2, -0.15) is 21.6 Å². The third-order valence-corrected chi connectivity index (χ3v) is 3.13. The van der Waals surface area contributed by atoms with Gasteiger partial charge in [-0.15, -0.1) is 0 Å². The van der Waals surface area contributed by atoms with Gasteiger partial charge in [0.15, 0.2) is 0 Å². The molecule has 1 rings (SSSR count). The number of carbonyl (C=O) groups is 1. The predicted molar refractivity (Wildman–Crippen MR) is 67.6 cm³/mol. The lowest BCUT2D eigenvalue weighted by Crippen LogP contribution is -2.39. The van der Waals surface area contributed by atoms with Gasteiger partial charge in [-0.25, -0.2) is 4.79 Å². The summed E-state index contributed by atoms with van der Waals surface area (Å²) in [6.45, 7) is 0. The fourth-order valence-corrected chi connectivity index (χ4v) is 2.00. The van der Waals surface area contributed by atoms with Gasteiger partial charge in [0.05, 0.1) is 13.4 Å². The minimum Gasteiger partial charge on any atom is -0.448 e. The SMILES string of the molecule is [B]Cc1ccc(C(=O)OC(CS(=O)(=O)O)C(F)(F)F)cc1. The van der Waals surface area contributed by atoms with Crippen molar-refractivity contribution in [3.63, 3.8) is 0 Å². The van der Waals surface area contributed by atoms with Crippen LogP contribution < -0.4 is 0 Å². The molecule has 0 heterocycles. The molecule has 0 fully saturated rings. The van der Waals surface area contributed by atoms with Crippen LogP contribution in [0, 0.1) is 0 Å². The topological polar surface area (TPSA) is 80.7 Å². The average molecular weight is 322 g/mol. The summed E-state index contributed by atoms with van der Waals surface area (Å²) in [4.78, 5) is 11.6. The highest BCUT2D eigenvalue weighted by molar-refractivity contribution is 7.85. The van der Waals surface area contributed by atoms with Gasteiger partial charge in [0, 0.05) is 0 Å². The summed E-state index contributed by atoms with van der Waals surface area (Å²) in [5.74, 6) is -3.12. The first-order chi connectivity index (χ1) is 9.53. The third kappa shape index (κ3) is 5.76. The number of esters is 1. The van der Waals surface area contributed by atoms with Crippen LogP contribution in [0.2, 0.25) is 0 Å². The van der Waals surface area contributed by atoms with E-state index in [9.17, 15) is 26.4 Å². The fraction of sp³-hybridized carbons (Fsp3) is 0.364. The van der Waals surface area contributed by atoms with E-state index in [0.717, 1.165) is 0 Å². The minimum atomic E-state index is -5.12. The van der Waals surface area contributed by atoms with Crippen molar-refractivity contribution in [1.82, 2.24) is 0 Å². The molecule has 0 bridgehead atoms. The molecule has 1 unspecified atom stereocenters. The molecule has 1 aromatic rings. The lowest BCUT2D eigenvalue weighted by Gasteiger charge is -2.19. The van der Waals surface area contributed by atoms with Crippen molar-refractivity contribution in [2.45, 2.75) is 18.6 Å². The van der Waals surface area contributed by atoms with Crippen LogP contribution in [0.1, 0.15) is 15.9 Å². The van der Waals surface area contributed by atoms with E-state index in [4.69, 9.17) is 12.4 Å². The smallest absolute Gasteiger partial charge is 0.426 e. The Morgan fingerprint density at radius 3 is 2.19 bits per heavy atom. The largest absolute Gasteiger partial charge is 0.448 e. The van der Waals surface area contributed by atoms with Gasteiger partial charge in [0.2, 0.25) is 6.10 Å². The zero-order chi connectivity index (χ0) is 16.3. The maximum atomic E-state index is 12.6. The quantitative estimate of drug-likeness (QED) is 0.502. The number of halogens is 3. The Bertz CT molecular complexity index is 597. The number of hydrogen-bond donors (Lipinski definition) is 1. The van der Waals surface area contributed by atoms with Crippen molar-refractivity contribution in [1.29, 1.82) is 0 Å². The molecule has 0 aliphatic rings. The lowest BCUT2D eigenvalue weighted by atomic mass is 9.96. The fourth-order valence-electron chi connectivity index (χ4n) is 1.36. The van der Waals surface area contributed by atoms with E-state index in [1.807, 2.05) is 0 Å². The van der Waals surface area contributed by atoms with Crippen LogP contribution in [0.4, 0.5) is 13.2 Å². The minimum absolute atomic E-state index is 0.184. The van der Waals surface area contributed by atoms with Gasteiger partial charge in [-0.1, -0.05) is 24.0 Å². The lowest BCUT2D eigenvalue weighted by molar-refractivity contribution is -0.197. The van der Waals surface area contributed by atoms with Crippen LogP contribution in [-0.4, -0.2) is 44.8 Å². The Hall–Kier alpha value is -1.55. The number of benzene rings is 1. The number of carbonyl (C=O) groups excluding carboxylic acids is 1. The maximum absolute atomic E-state index is 12.6. The Balaban J connectivity index is 2.89. The molecule has 0 aliphatic heterocycles. The van der Waals surface area contributed by atoms with Crippen LogP contribution in [0.15, 0.2) is 24.3 Å². The normalized spacial score (nSPS) is 13.7. The molecule has 1 atom stereocenters. The highest BCUT2D eigenvalue weighted by Gasteiger charge is 2.45. The second-order valence-electron chi connectivity index (χ2n) is 4.09. The Kier molecular flexibility index (Phi) is 5.40. The second-order valence-corrected chi connectivity index (χ2v) is 5.58. The zero-order valence-electron chi connectivity index (χ0n) is 10.5. The van der Waals surface area contributed by atoms with Gasteiger partial charge in [-0.3, -0.25) is 4.55 Å². The monoisotopic (exact) mass is 322 g/mol. The molecular weight excluding hydrogens is 312 g/mol. The Labute approximate surface area is 120 Å². The molecule has 10 heteroatoms. The highest BCUT2D eigenvalue weighted by Crippen LogP contribution is 2.25. The molecule has 5 nitrogen and oxygen atoms in total. The van der Waals surface area contributed by atoms with E-state index < -0.39 is 34.1 Å². The summed E-state index contributed by atoms with van der Waals surface area (Å²) in [6.07, 6.45) is -7.89. The predicted octanol–water partition coefficient (Wildman–Crippen LogP) is 1.33. The molecule has 0 saturated carbocycles. The van der Waals surface area contributed by atoms with E-state index in [-0.39, 0.29) is 11.9 Å². The third-order valence-electron chi connectivity index (χ3n) is 2.40. The van der Waals surface area contributed by atoms with Crippen LogP contribution in [0.25, 0.3) is 0 Å². The second kappa shape index (κ2) is 6.48. The molecule has 0 spiro atoms. The number of hydrogen-bond acceptors (Lipinski definition) is 4. The molecule has 1 aromatic carbocycles. The Morgan fingerprint density at radius 1 is 1.29 bits per heavy atom. The molecule has 0 saturated heterocycles. The standard InChI is InChI=1S/C11H10BF3O5S/c12-5-7-1-3-8(4-2-7)10(16)20-9(11(13,14)15)6-21(17,18)19/h1-4,9H,5-6H2,(H,17,18,19). The summed E-state index contributed by atoms with van der Waals surface area (Å²) >= 11 is 0. The van der Waals surface area contributed by atoms with E-state index in [2.05, 4.69) is 4.74 Å². The number of ether oxygens (including phenoxy) is 1. The van der Waals surface area contributed by atoms with Crippen molar-refractivity contribution in [2.24, 2.45) is 0 Å². The van der Waals surface area contributed by atoms with Crippen molar-refractivity contribution in [3.8, 4) is 0 Å². The average Bonchev–Trinajstić information content (AvgIpc) is 2.35.